The van der Waals surface area contributed by atoms with Crippen LogP contribution in [0.1, 0.15) is 59.9 Å². The maximum absolute atomic E-state index is 13.7. The van der Waals surface area contributed by atoms with E-state index in [9.17, 15) is 35.5 Å². The molecule has 0 bridgehead atoms. The third kappa shape index (κ3) is 6.25. The molecule has 1 aliphatic rings. The Balaban J connectivity index is 1.64. The van der Waals surface area contributed by atoms with Crippen molar-refractivity contribution >= 4 is 0 Å². The van der Waals surface area contributed by atoms with Crippen molar-refractivity contribution in [3.05, 3.63) is 86.8 Å². The van der Waals surface area contributed by atoms with Gasteiger partial charge in [0.05, 0.1) is 29.9 Å². The van der Waals surface area contributed by atoms with Crippen LogP contribution in [0.25, 0.3) is 0 Å². The second kappa shape index (κ2) is 11.0. The van der Waals surface area contributed by atoms with E-state index < -0.39 is 41.5 Å². The van der Waals surface area contributed by atoms with Gasteiger partial charge in [-0.25, -0.2) is 13.9 Å². The Hall–Kier alpha value is -3.19. The molecule has 40 heavy (non-hydrogen) atoms. The van der Waals surface area contributed by atoms with Crippen LogP contribution in [0.15, 0.2) is 47.3 Å². The fraction of sp³-hybridized carbons (Fsp3) is 0.481. The zero-order chi connectivity index (χ0) is 29.6. The van der Waals surface area contributed by atoms with Gasteiger partial charge in [0, 0.05) is 26.1 Å². The number of nitrogens with zero attached hydrogens (tertiary/aromatic N) is 4. The number of rotatable bonds is 7. The Morgan fingerprint density at radius 2 is 1.57 bits per heavy atom. The van der Waals surface area contributed by atoms with E-state index in [1.807, 2.05) is 11.9 Å². The fourth-order valence-electron chi connectivity index (χ4n) is 5.35. The lowest BCUT2D eigenvalue weighted by Gasteiger charge is -2.33. The van der Waals surface area contributed by atoms with Gasteiger partial charge in [0.25, 0.3) is 0 Å². The molecule has 1 fully saturated rings. The topological polar surface area (TPSA) is 52.3 Å². The average Bonchev–Trinajstić information content (AvgIpc) is 3.39. The molecule has 0 unspecified atom stereocenters. The van der Waals surface area contributed by atoms with Crippen LogP contribution >= 0.6 is 0 Å². The standard InChI is InChI=1S/C27H29F7N4O2/c1-15(17-11-18(26(29,30)31)13-19(12-17)27(32,33)34)40-22-10-9-21(24(22)16-5-7-20(28)8-6-16)36(2)14-23-35-38(4)25(39)37(23)3/h5-8,11-13,15,21-22,24H,9-10,14H2,1-4H3/t15-,21-,22+,24+/m1/s1. The molecule has 0 aliphatic heterocycles. The van der Waals surface area contributed by atoms with Gasteiger partial charge < -0.3 is 4.74 Å². The number of aromatic nitrogens is 3. The van der Waals surface area contributed by atoms with E-state index in [1.54, 1.807) is 19.2 Å². The van der Waals surface area contributed by atoms with Crippen molar-refractivity contribution in [1.82, 2.24) is 19.2 Å². The number of benzene rings is 2. The zero-order valence-corrected chi connectivity index (χ0v) is 22.2. The molecular formula is C27H29F7N4O2. The van der Waals surface area contributed by atoms with E-state index in [0.29, 0.717) is 42.9 Å². The van der Waals surface area contributed by atoms with Crippen LogP contribution in [0.5, 0.6) is 0 Å². The smallest absolute Gasteiger partial charge is 0.370 e. The van der Waals surface area contributed by atoms with Gasteiger partial charge in [-0.2, -0.15) is 31.4 Å². The van der Waals surface area contributed by atoms with Crippen molar-refractivity contribution in [2.24, 2.45) is 14.1 Å². The number of likely N-dealkylation sites (N-methyl/N-ethyl adjacent to an activating group) is 1. The van der Waals surface area contributed by atoms with Crippen LogP contribution in [0.4, 0.5) is 30.7 Å². The van der Waals surface area contributed by atoms with Crippen LogP contribution in [0.3, 0.4) is 0 Å². The summed E-state index contributed by atoms with van der Waals surface area (Å²) in [4.78, 5) is 14.1. The minimum atomic E-state index is -4.97. The summed E-state index contributed by atoms with van der Waals surface area (Å²) in [6, 6.07) is 6.99. The molecule has 13 heteroatoms. The highest BCUT2D eigenvalue weighted by molar-refractivity contribution is 5.35. The first-order valence-electron chi connectivity index (χ1n) is 12.6. The molecule has 1 aliphatic carbocycles. The van der Waals surface area contributed by atoms with Gasteiger partial charge in [-0.05, 0) is 68.3 Å². The van der Waals surface area contributed by atoms with Crippen molar-refractivity contribution in [1.29, 1.82) is 0 Å². The highest BCUT2D eigenvalue weighted by Crippen LogP contribution is 2.43. The van der Waals surface area contributed by atoms with Crippen molar-refractivity contribution < 1.29 is 35.5 Å². The van der Waals surface area contributed by atoms with Crippen molar-refractivity contribution in [3.63, 3.8) is 0 Å². The van der Waals surface area contributed by atoms with E-state index >= 15 is 0 Å². The largest absolute Gasteiger partial charge is 0.416 e. The molecule has 1 heterocycles. The Morgan fingerprint density at radius 3 is 2.08 bits per heavy atom. The lowest BCUT2D eigenvalue weighted by molar-refractivity contribution is -0.143. The molecule has 0 spiro atoms. The van der Waals surface area contributed by atoms with Gasteiger partial charge in [0.15, 0.2) is 0 Å². The van der Waals surface area contributed by atoms with Gasteiger partial charge in [0.2, 0.25) is 0 Å². The van der Waals surface area contributed by atoms with Gasteiger partial charge >= 0.3 is 18.0 Å². The van der Waals surface area contributed by atoms with Crippen molar-refractivity contribution in [3.8, 4) is 0 Å². The van der Waals surface area contributed by atoms with Crippen LogP contribution in [-0.4, -0.2) is 38.4 Å². The van der Waals surface area contributed by atoms with Crippen LogP contribution in [0.2, 0.25) is 0 Å². The molecule has 0 saturated heterocycles. The van der Waals surface area contributed by atoms with E-state index in [-0.39, 0.29) is 29.3 Å². The highest BCUT2D eigenvalue weighted by Gasteiger charge is 2.42. The summed E-state index contributed by atoms with van der Waals surface area (Å²) in [5, 5.41) is 4.25. The van der Waals surface area contributed by atoms with Crippen LogP contribution in [-0.2, 0) is 37.7 Å². The number of ether oxygens (including phenoxy) is 1. The molecule has 3 aromatic rings. The lowest BCUT2D eigenvalue weighted by Crippen LogP contribution is -2.37. The molecule has 0 amide bonds. The second-order valence-corrected chi connectivity index (χ2v) is 10.2. The minimum Gasteiger partial charge on any atom is -0.370 e. The Bertz CT molecular complexity index is 1360. The summed E-state index contributed by atoms with van der Waals surface area (Å²) < 4.78 is 103. The van der Waals surface area contributed by atoms with Crippen molar-refractivity contribution in [2.75, 3.05) is 7.05 Å². The quantitative estimate of drug-likeness (QED) is 0.334. The summed E-state index contributed by atoms with van der Waals surface area (Å²) in [7, 11) is 4.96. The monoisotopic (exact) mass is 574 g/mol. The predicted octanol–water partition coefficient (Wildman–Crippen LogP) is 5.82. The maximum atomic E-state index is 13.7. The first kappa shape index (κ1) is 29.8. The van der Waals surface area contributed by atoms with E-state index in [0.717, 1.165) is 0 Å². The van der Waals surface area contributed by atoms with Gasteiger partial charge in [-0.3, -0.25) is 9.47 Å². The maximum Gasteiger partial charge on any atom is 0.416 e. The van der Waals surface area contributed by atoms with E-state index in [1.165, 1.54) is 35.4 Å². The molecule has 1 aromatic heterocycles. The second-order valence-electron chi connectivity index (χ2n) is 10.2. The molecular weight excluding hydrogens is 545 g/mol. The molecule has 1 saturated carbocycles. The van der Waals surface area contributed by atoms with Crippen LogP contribution < -0.4 is 5.69 Å². The fourth-order valence-corrected chi connectivity index (χ4v) is 5.35. The SMILES string of the molecule is C[C@@H](O[C@H]1CC[C@@H](N(C)Cc2nn(C)c(=O)n2C)[C@@H]1c1ccc(F)cc1)c1cc(C(F)(F)F)cc(C(F)(F)F)c1. The first-order valence-corrected chi connectivity index (χ1v) is 12.6. The predicted molar refractivity (Wildman–Crippen MR) is 132 cm³/mol. The summed E-state index contributed by atoms with van der Waals surface area (Å²) in [5.74, 6) is -0.333. The van der Waals surface area contributed by atoms with Crippen LogP contribution in [0, 0.1) is 5.82 Å². The summed E-state index contributed by atoms with van der Waals surface area (Å²) in [5.41, 5.74) is -2.65. The number of hydrogen-bond donors (Lipinski definition) is 0. The van der Waals surface area contributed by atoms with E-state index in [2.05, 4.69) is 5.10 Å². The molecule has 6 nitrogen and oxygen atoms in total. The molecule has 4 rings (SSSR count). The number of hydrogen-bond acceptors (Lipinski definition) is 4. The molecule has 4 atom stereocenters. The molecule has 0 N–H and O–H groups in total. The van der Waals surface area contributed by atoms with Gasteiger partial charge in [-0.15, -0.1) is 0 Å². The van der Waals surface area contributed by atoms with Gasteiger partial charge in [0.1, 0.15) is 11.6 Å². The van der Waals surface area contributed by atoms with E-state index in [4.69, 9.17) is 4.74 Å². The lowest BCUT2D eigenvalue weighted by atomic mass is 9.91. The Morgan fingerprint density at radius 1 is 1.00 bits per heavy atom. The molecule has 218 valence electrons. The minimum absolute atomic E-state index is 0.0863. The third-order valence-corrected chi connectivity index (χ3v) is 7.45. The Labute approximate surface area is 226 Å². The van der Waals surface area contributed by atoms with Crippen molar-refractivity contribution in [2.45, 2.75) is 62.8 Å². The summed E-state index contributed by atoms with van der Waals surface area (Å²) in [6.07, 6.45) is -10.6. The highest BCUT2D eigenvalue weighted by atomic mass is 19.4. The first-order chi connectivity index (χ1) is 18.6. The summed E-state index contributed by atoms with van der Waals surface area (Å²) in [6.45, 7) is 1.71. The number of aryl methyl sites for hydroxylation is 1. The zero-order valence-electron chi connectivity index (χ0n) is 22.2. The third-order valence-electron chi connectivity index (χ3n) is 7.45. The molecule has 0 radical (unpaired) electrons. The Kier molecular flexibility index (Phi) is 8.19. The number of halogens is 7. The normalized spacial score (nSPS) is 20.9. The average molecular weight is 575 g/mol. The summed E-state index contributed by atoms with van der Waals surface area (Å²) >= 11 is 0. The number of alkyl halides is 6. The van der Waals surface area contributed by atoms with Gasteiger partial charge in [-0.1, -0.05) is 12.1 Å². The molecule has 2 aromatic carbocycles.